The lowest BCUT2D eigenvalue weighted by Crippen LogP contribution is -2.18. The molecule has 3 N–H and O–H groups in total. The van der Waals surface area contributed by atoms with Gasteiger partial charge in [-0.1, -0.05) is 54.8 Å². The highest BCUT2D eigenvalue weighted by Crippen LogP contribution is 2.19. The molecule has 0 fully saturated rings. The molecule has 0 aliphatic heterocycles. The first-order chi connectivity index (χ1) is 13.0. The number of carbonyl (C=O) groups is 1. The Labute approximate surface area is 169 Å². The Bertz CT molecular complexity index is 1000. The van der Waals surface area contributed by atoms with E-state index in [0.717, 1.165) is 22.4 Å². The number of thiocarbonyl (C=S) groups is 2. The third-order valence-corrected chi connectivity index (χ3v) is 4.34. The Balaban J connectivity index is 1.55. The molecule has 0 radical (unpaired) electrons. The zero-order chi connectivity index (χ0) is 19.2. The molecule has 3 aromatic rings. The maximum Gasteiger partial charge on any atom is 0.221 e. The number of benzene rings is 3. The third-order valence-electron chi connectivity index (χ3n) is 3.84. The van der Waals surface area contributed by atoms with Gasteiger partial charge in [0.05, 0.1) is 9.98 Å². The fraction of sp³-hybridized carbons (Fsp3) is 0.0952. The van der Waals surface area contributed by atoms with Crippen molar-refractivity contribution in [2.45, 2.75) is 13.3 Å². The first-order valence-electron chi connectivity index (χ1n) is 8.46. The summed E-state index contributed by atoms with van der Waals surface area (Å²) in [6, 6.07) is 21.7. The van der Waals surface area contributed by atoms with Crippen LogP contribution in [0.25, 0.3) is 10.8 Å². The summed E-state index contributed by atoms with van der Waals surface area (Å²) in [5.74, 6) is -0.101. The molecule has 6 heteroatoms. The summed E-state index contributed by atoms with van der Waals surface area (Å²) < 4.78 is 0. The molecule has 0 bridgehead atoms. The highest BCUT2D eigenvalue weighted by Gasteiger charge is 2.05. The van der Waals surface area contributed by atoms with Gasteiger partial charge < -0.3 is 16.0 Å². The second-order valence-electron chi connectivity index (χ2n) is 6.09. The minimum absolute atomic E-state index is 0.101. The van der Waals surface area contributed by atoms with E-state index in [4.69, 9.17) is 24.4 Å². The van der Waals surface area contributed by atoms with Crippen LogP contribution >= 0.6 is 24.4 Å². The summed E-state index contributed by atoms with van der Waals surface area (Å²) in [7, 11) is 0. The third kappa shape index (κ3) is 5.57. The smallest absolute Gasteiger partial charge is 0.221 e. The van der Waals surface area contributed by atoms with Crippen LogP contribution in [0.2, 0.25) is 0 Å². The van der Waals surface area contributed by atoms with Crippen LogP contribution < -0.4 is 16.0 Å². The lowest BCUT2D eigenvalue weighted by atomic mass is 10.1. The molecule has 0 saturated carbocycles. The number of fused-ring (bicyclic) bond motifs is 1. The lowest BCUT2D eigenvalue weighted by Gasteiger charge is -2.12. The Morgan fingerprint density at radius 3 is 1.89 bits per heavy atom. The van der Waals surface area contributed by atoms with Crippen molar-refractivity contribution in [3.8, 4) is 0 Å². The zero-order valence-electron chi connectivity index (χ0n) is 14.8. The van der Waals surface area contributed by atoms with Gasteiger partial charge in [-0.2, -0.15) is 0 Å². The van der Waals surface area contributed by atoms with Gasteiger partial charge in [-0.3, -0.25) is 4.79 Å². The monoisotopic (exact) mass is 393 g/mol. The van der Waals surface area contributed by atoms with Gasteiger partial charge in [-0.15, -0.1) is 0 Å². The predicted octanol–water partition coefficient (Wildman–Crippen LogP) is 5.37. The van der Waals surface area contributed by atoms with Crippen molar-refractivity contribution in [2.75, 3.05) is 16.0 Å². The van der Waals surface area contributed by atoms with E-state index in [-0.39, 0.29) is 5.91 Å². The minimum atomic E-state index is -0.101. The van der Waals surface area contributed by atoms with E-state index in [9.17, 15) is 4.79 Å². The van der Waals surface area contributed by atoms with E-state index in [2.05, 4.69) is 40.2 Å². The molecule has 0 unspecified atom stereocenters. The molecule has 3 aromatic carbocycles. The predicted molar refractivity (Wildman–Crippen MR) is 122 cm³/mol. The molecular weight excluding hydrogens is 374 g/mol. The maximum absolute atomic E-state index is 11.1. The zero-order valence-corrected chi connectivity index (χ0v) is 16.4. The van der Waals surface area contributed by atoms with Crippen molar-refractivity contribution in [1.29, 1.82) is 0 Å². The molecule has 0 saturated heterocycles. The van der Waals surface area contributed by atoms with Crippen molar-refractivity contribution >= 4 is 68.2 Å². The maximum atomic E-state index is 11.1. The van der Waals surface area contributed by atoms with E-state index < -0.39 is 0 Å². The number of rotatable bonds is 5. The lowest BCUT2D eigenvalue weighted by molar-refractivity contribution is -0.114. The molecule has 0 aliphatic carbocycles. The number of hydrogen-bond donors (Lipinski definition) is 3. The molecule has 0 atom stereocenters. The largest absolute Gasteiger partial charge is 0.350 e. The van der Waals surface area contributed by atoms with Gasteiger partial charge in [0.15, 0.2) is 0 Å². The standard InChI is InChI=1S/C21H19N3OS2/c1-14(25)22-17-8-10-18(11-9-17)23-20(26)13-21(27)24-19-7-6-15-4-2-3-5-16(15)12-19/h2-12H,13H2,1H3,(H,22,25)(H,23,26)(H,24,27). The topological polar surface area (TPSA) is 53.2 Å². The van der Waals surface area contributed by atoms with Crippen molar-refractivity contribution in [3.63, 3.8) is 0 Å². The van der Waals surface area contributed by atoms with Crippen molar-refractivity contribution in [1.82, 2.24) is 0 Å². The van der Waals surface area contributed by atoms with Gasteiger partial charge in [-0.25, -0.2) is 0 Å². The average molecular weight is 394 g/mol. The molecular formula is C21H19N3OS2. The second kappa shape index (κ2) is 8.70. The van der Waals surface area contributed by atoms with Gasteiger partial charge in [-0.05, 0) is 47.2 Å². The van der Waals surface area contributed by atoms with Crippen LogP contribution in [-0.4, -0.2) is 15.9 Å². The van der Waals surface area contributed by atoms with Crippen LogP contribution in [0.15, 0.2) is 66.7 Å². The minimum Gasteiger partial charge on any atom is -0.350 e. The van der Waals surface area contributed by atoms with Gasteiger partial charge in [0.25, 0.3) is 0 Å². The van der Waals surface area contributed by atoms with Crippen LogP contribution in [0.4, 0.5) is 17.1 Å². The molecule has 1 amide bonds. The summed E-state index contributed by atoms with van der Waals surface area (Å²) >= 11 is 10.8. The van der Waals surface area contributed by atoms with Gasteiger partial charge in [0, 0.05) is 30.4 Å². The van der Waals surface area contributed by atoms with Crippen LogP contribution in [0, 0.1) is 0 Å². The fourth-order valence-electron chi connectivity index (χ4n) is 2.66. The van der Waals surface area contributed by atoms with Crippen molar-refractivity contribution in [2.24, 2.45) is 0 Å². The number of amides is 1. The van der Waals surface area contributed by atoms with Crippen LogP contribution in [0.5, 0.6) is 0 Å². The molecule has 27 heavy (non-hydrogen) atoms. The first-order valence-corrected chi connectivity index (χ1v) is 9.27. The highest BCUT2D eigenvalue weighted by molar-refractivity contribution is 7.82. The molecule has 3 rings (SSSR count). The summed E-state index contributed by atoms with van der Waals surface area (Å²) in [5, 5.41) is 11.5. The van der Waals surface area contributed by atoms with Crippen molar-refractivity contribution in [3.05, 3.63) is 66.7 Å². The molecule has 0 heterocycles. The number of nitrogens with one attached hydrogen (secondary N) is 3. The molecule has 0 aromatic heterocycles. The summed E-state index contributed by atoms with van der Waals surface area (Å²) in [5.41, 5.74) is 2.54. The van der Waals surface area contributed by atoms with E-state index in [1.165, 1.54) is 12.3 Å². The van der Waals surface area contributed by atoms with E-state index in [1.807, 2.05) is 42.5 Å². The number of hydrogen-bond acceptors (Lipinski definition) is 3. The fourth-order valence-corrected chi connectivity index (χ4v) is 3.28. The van der Waals surface area contributed by atoms with Crippen molar-refractivity contribution < 1.29 is 4.79 Å². The Kier molecular flexibility index (Phi) is 6.11. The molecule has 136 valence electrons. The first kappa shape index (κ1) is 18.9. The van der Waals surface area contributed by atoms with Crippen LogP contribution in [0.1, 0.15) is 13.3 Å². The Morgan fingerprint density at radius 1 is 0.741 bits per heavy atom. The highest BCUT2D eigenvalue weighted by atomic mass is 32.1. The molecule has 0 aliphatic rings. The van der Waals surface area contributed by atoms with Gasteiger partial charge in [0.2, 0.25) is 5.91 Å². The average Bonchev–Trinajstić information content (AvgIpc) is 2.62. The Hall–Kier alpha value is -2.83. The van der Waals surface area contributed by atoms with Crippen LogP contribution in [0.3, 0.4) is 0 Å². The second-order valence-corrected chi connectivity index (χ2v) is 7.08. The normalized spacial score (nSPS) is 10.3. The van der Waals surface area contributed by atoms with E-state index in [0.29, 0.717) is 16.4 Å². The quantitative estimate of drug-likeness (QED) is 0.509. The van der Waals surface area contributed by atoms with E-state index >= 15 is 0 Å². The number of carbonyl (C=O) groups excluding carboxylic acids is 1. The molecule has 4 nitrogen and oxygen atoms in total. The van der Waals surface area contributed by atoms with Gasteiger partial charge in [0.1, 0.15) is 0 Å². The molecule has 0 spiro atoms. The van der Waals surface area contributed by atoms with Crippen LogP contribution in [-0.2, 0) is 4.79 Å². The SMILES string of the molecule is CC(=O)Nc1ccc(NC(=S)CC(=S)Nc2ccc3ccccc3c2)cc1. The summed E-state index contributed by atoms with van der Waals surface area (Å²) in [6.45, 7) is 1.48. The summed E-state index contributed by atoms with van der Waals surface area (Å²) in [6.07, 6.45) is 0.449. The van der Waals surface area contributed by atoms with E-state index in [1.54, 1.807) is 0 Å². The van der Waals surface area contributed by atoms with Gasteiger partial charge >= 0.3 is 0 Å². The number of anilines is 3. The summed E-state index contributed by atoms with van der Waals surface area (Å²) in [4.78, 5) is 12.3. The Morgan fingerprint density at radius 2 is 1.26 bits per heavy atom.